The Morgan fingerprint density at radius 3 is 2.71 bits per heavy atom. The fraction of sp³-hybridized carbons (Fsp3) is 0.250. The fourth-order valence-corrected chi connectivity index (χ4v) is 1.75. The Bertz CT molecular complexity index is 460. The van der Waals surface area contributed by atoms with Crippen molar-refractivity contribution in [3.8, 4) is 6.07 Å². The van der Waals surface area contributed by atoms with Crippen molar-refractivity contribution in [2.24, 2.45) is 0 Å². The zero-order valence-corrected chi connectivity index (χ0v) is 9.04. The minimum absolute atomic E-state index is 0.164. The average Bonchev–Trinajstić information content (AvgIpc) is 2.39. The van der Waals surface area contributed by atoms with Crippen LogP contribution in [0.5, 0.6) is 0 Å². The van der Waals surface area contributed by atoms with Crippen molar-refractivity contribution in [1.82, 2.24) is 0 Å². The summed E-state index contributed by atoms with van der Waals surface area (Å²) in [5.74, 6) is 0.331. The molecule has 1 aromatic carbocycles. The molecule has 0 amide bonds. The lowest BCUT2D eigenvalue weighted by molar-refractivity contribution is 0.107. The molecule has 1 N–H and O–H groups in total. The Morgan fingerprint density at radius 1 is 1.41 bits per heavy atom. The Morgan fingerprint density at radius 2 is 2.12 bits per heavy atom. The topological polar surface area (TPSA) is 79.6 Å². The van der Waals surface area contributed by atoms with E-state index < -0.39 is 0 Å². The van der Waals surface area contributed by atoms with Gasteiger partial charge < -0.3 is 15.2 Å². The number of benzene rings is 1. The van der Waals surface area contributed by atoms with Crippen molar-refractivity contribution in [2.75, 3.05) is 5.23 Å². The fourth-order valence-electron chi connectivity index (χ4n) is 1.75. The summed E-state index contributed by atoms with van der Waals surface area (Å²) < 4.78 is 5.47. The molecule has 0 unspecified atom stereocenters. The highest BCUT2D eigenvalue weighted by Gasteiger charge is 2.17. The maximum Gasteiger partial charge on any atom is 0.193 e. The lowest BCUT2D eigenvalue weighted by Crippen LogP contribution is -2.09. The van der Waals surface area contributed by atoms with Gasteiger partial charge in [-0.15, -0.1) is 0 Å². The molecule has 5 nitrogen and oxygen atoms in total. The van der Waals surface area contributed by atoms with Gasteiger partial charge in [0.2, 0.25) is 0 Å². The first-order chi connectivity index (χ1) is 8.20. The maximum absolute atomic E-state index is 10.6. The Balaban J connectivity index is 2.13. The molecule has 17 heavy (non-hydrogen) atoms. The van der Waals surface area contributed by atoms with Crippen LogP contribution < -0.4 is 5.23 Å². The summed E-state index contributed by atoms with van der Waals surface area (Å²) in [5, 5.41) is 27.9. The van der Waals surface area contributed by atoms with E-state index in [1.807, 2.05) is 6.07 Å². The van der Waals surface area contributed by atoms with E-state index in [0.717, 1.165) is 18.4 Å². The number of hydrogen-bond acceptors (Lipinski definition) is 5. The van der Waals surface area contributed by atoms with Crippen molar-refractivity contribution >= 4 is 5.69 Å². The molecule has 0 aliphatic carbocycles. The first-order valence-electron chi connectivity index (χ1n) is 5.23. The quantitative estimate of drug-likeness (QED) is 0.791. The van der Waals surface area contributed by atoms with Gasteiger partial charge in [-0.3, -0.25) is 5.21 Å². The molecule has 5 heteroatoms. The third-order valence-electron chi connectivity index (χ3n) is 2.62. The average molecular weight is 231 g/mol. The highest BCUT2D eigenvalue weighted by atomic mass is 16.8. The van der Waals surface area contributed by atoms with Crippen LogP contribution in [0, 0.1) is 16.5 Å². The number of nitrogens with zero attached hydrogens (tertiary/aromatic N) is 2. The minimum Gasteiger partial charge on any atom is -0.733 e. The second-order valence-corrected chi connectivity index (χ2v) is 3.73. The van der Waals surface area contributed by atoms with Gasteiger partial charge in [0.05, 0.1) is 5.69 Å². The molecule has 0 radical (unpaired) electrons. The molecule has 1 heterocycles. The van der Waals surface area contributed by atoms with E-state index in [-0.39, 0.29) is 17.0 Å². The van der Waals surface area contributed by atoms with Crippen LogP contribution in [0.15, 0.2) is 36.1 Å². The number of hydrogen-bond donors (Lipinski definition) is 1. The summed E-state index contributed by atoms with van der Waals surface area (Å²) in [4.78, 5) is 0. The monoisotopic (exact) mass is 231 g/mol. The van der Waals surface area contributed by atoms with Crippen LogP contribution in [0.1, 0.15) is 24.5 Å². The molecule has 0 saturated heterocycles. The Labute approximate surface area is 98.7 Å². The van der Waals surface area contributed by atoms with E-state index in [2.05, 4.69) is 0 Å². The molecule has 0 bridgehead atoms. The lowest BCUT2D eigenvalue weighted by Gasteiger charge is -2.24. The number of ether oxygens (including phenoxy) is 1. The maximum atomic E-state index is 10.6. The van der Waals surface area contributed by atoms with Crippen LogP contribution in [0.2, 0.25) is 0 Å². The predicted octanol–water partition coefficient (Wildman–Crippen LogP) is 2.64. The third-order valence-corrected chi connectivity index (χ3v) is 2.62. The lowest BCUT2D eigenvalue weighted by atomic mass is 10.0. The van der Waals surface area contributed by atoms with E-state index in [4.69, 9.17) is 15.2 Å². The van der Waals surface area contributed by atoms with E-state index in [9.17, 15) is 5.21 Å². The van der Waals surface area contributed by atoms with Gasteiger partial charge in [0.1, 0.15) is 12.2 Å². The number of rotatable bonds is 2. The highest BCUT2D eigenvalue weighted by Crippen LogP contribution is 2.30. The summed E-state index contributed by atoms with van der Waals surface area (Å²) in [6.45, 7) is 0. The molecule has 1 atom stereocenters. The molecule has 0 aromatic heterocycles. The van der Waals surface area contributed by atoms with Crippen LogP contribution >= 0.6 is 0 Å². The van der Waals surface area contributed by atoms with Gasteiger partial charge in [-0.2, -0.15) is 5.26 Å². The van der Waals surface area contributed by atoms with Crippen molar-refractivity contribution in [1.29, 1.82) is 5.26 Å². The normalized spacial score (nSPS) is 18.9. The summed E-state index contributed by atoms with van der Waals surface area (Å²) in [5.41, 5.74) is 1.05. The summed E-state index contributed by atoms with van der Waals surface area (Å²) in [6, 6.07) is 8.41. The van der Waals surface area contributed by atoms with Crippen LogP contribution in [-0.2, 0) is 4.74 Å². The van der Waals surface area contributed by atoms with Gasteiger partial charge in [-0.05, 0) is 36.6 Å². The van der Waals surface area contributed by atoms with Crippen LogP contribution in [0.3, 0.4) is 0 Å². The molecule has 1 aliphatic heterocycles. The second kappa shape index (κ2) is 4.87. The van der Waals surface area contributed by atoms with Gasteiger partial charge >= 0.3 is 0 Å². The molecule has 0 saturated carbocycles. The minimum atomic E-state index is -0.188. The first-order valence-corrected chi connectivity index (χ1v) is 5.23. The molecule has 1 aliphatic rings. The van der Waals surface area contributed by atoms with Gasteiger partial charge in [-0.25, -0.2) is 0 Å². The van der Waals surface area contributed by atoms with Crippen LogP contribution in [0.4, 0.5) is 5.69 Å². The van der Waals surface area contributed by atoms with Gasteiger partial charge in [0.25, 0.3) is 0 Å². The smallest absolute Gasteiger partial charge is 0.193 e. The van der Waals surface area contributed by atoms with Crippen molar-refractivity contribution < 1.29 is 9.94 Å². The standard InChI is InChI=1S/C12H11N2O3/c13-8-11-2-1-3-12(17-11)9-4-6-10(7-5-9)14(15)16/h2,4-7,12,15H,1,3H2/q-1/t12-/m0/s1. The van der Waals surface area contributed by atoms with Crippen molar-refractivity contribution in [3.63, 3.8) is 0 Å². The van der Waals surface area contributed by atoms with E-state index >= 15 is 0 Å². The van der Waals surface area contributed by atoms with Crippen molar-refractivity contribution in [2.45, 2.75) is 18.9 Å². The Hall–Kier alpha value is -2.03. The SMILES string of the molecule is N#CC1=CCC[C@@H](c2ccc(N([O-])O)cc2)O1. The predicted molar refractivity (Wildman–Crippen MR) is 60.8 cm³/mol. The van der Waals surface area contributed by atoms with Gasteiger partial charge in [0.15, 0.2) is 5.76 Å². The molecule has 88 valence electrons. The molecule has 0 fully saturated rings. The first kappa shape index (κ1) is 11.5. The molecule has 2 rings (SSSR count). The molecule has 0 spiro atoms. The van der Waals surface area contributed by atoms with Gasteiger partial charge in [-0.1, -0.05) is 12.1 Å². The van der Waals surface area contributed by atoms with E-state index in [0.29, 0.717) is 5.76 Å². The molecule has 1 aromatic rings. The van der Waals surface area contributed by atoms with Crippen LogP contribution in [0.25, 0.3) is 0 Å². The van der Waals surface area contributed by atoms with Crippen LogP contribution in [-0.4, -0.2) is 5.21 Å². The molecular weight excluding hydrogens is 220 g/mol. The third kappa shape index (κ3) is 2.56. The Kier molecular flexibility index (Phi) is 3.28. The summed E-state index contributed by atoms with van der Waals surface area (Å²) in [6.07, 6.45) is 3.19. The largest absolute Gasteiger partial charge is 0.733 e. The second-order valence-electron chi connectivity index (χ2n) is 3.73. The zero-order chi connectivity index (χ0) is 12.3. The number of allylic oxidation sites excluding steroid dienone is 2. The number of anilines is 1. The number of nitriles is 1. The van der Waals surface area contributed by atoms with Gasteiger partial charge in [0, 0.05) is 0 Å². The molecular formula is C12H11N2O3-. The van der Waals surface area contributed by atoms with Crippen molar-refractivity contribution in [3.05, 3.63) is 46.9 Å². The summed E-state index contributed by atoms with van der Waals surface area (Å²) >= 11 is 0. The zero-order valence-electron chi connectivity index (χ0n) is 9.04. The highest BCUT2D eigenvalue weighted by molar-refractivity contribution is 5.46. The van der Waals surface area contributed by atoms with E-state index in [1.165, 1.54) is 12.1 Å². The summed E-state index contributed by atoms with van der Waals surface area (Å²) in [7, 11) is 0. The van der Waals surface area contributed by atoms with E-state index in [1.54, 1.807) is 18.2 Å².